The zero-order chi connectivity index (χ0) is 6.78. The largest absolute Gasteiger partial charge is 0.396 e. The van der Waals surface area contributed by atoms with E-state index in [0.717, 1.165) is 6.92 Å². The first-order valence-corrected chi connectivity index (χ1v) is 2.47. The topological polar surface area (TPSA) is 20.2 Å². The van der Waals surface area contributed by atoms with Crippen molar-refractivity contribution < 1.29 is 13.9 Å². The molecule has 0 fully saturated rings. The Morgan fingerprint density at radius 2 is 2.00 bits per heavy atom. The van der Waals surface area contributed by atoms with Crippen molar-refractivity contribution in [3.8, 4) is 0 Å². The summed E-state index contributed by atoms with van der Waals surface area (Å²) < 4.78 is 23.9. The molecule has 0 radical (unpaired) electrons. The number of aliphatic hydroxyl groups excluding tert-OH is 1. The molecule has 0 heterocycles. The Balaban J connectivity index is 3.62. The van der Waals surface area contributed by atoms with Gasteiger partial charge in [0.15, 0.2) is 0 Å². The molecule has 0 unspecified atom stereocenters. The van der Waals surface area contributed by atoms with Crippen LogP contribution in [0.1, 0.15) is 13.8 Å². The Morgan fingerprint density at radius 1 is 1.62 bits per heavy atom. The van der Waals surface area contributed by atoms with E-state index < -0.39 is 18.4 Å². The highest BCUT2D eigenvalue weighted by Gasteiger charge is 2.28. The van der Waals surface area contributed by atoms with Crippen LogP contribution in [0, 0.1) is 5.92 Å². The Hall–Kier alpha value is -0.180. The van der Waals surface area contributed by atoms with Crippen LogP contribution in [0.25, 0.3) is 0 Å². The lowest BCUT2D eigenvalue weighted by Crippen LogP contribution is -2.24. The molecule has 0 aromatic carbocycles. The van der Waals surface area contributed by atoms with Crippen molar-refractivity contribution in [1.82, 2.24) is 0 Å². The first kappa shape index (κ1) is 7.82. The van der Waals surface area contributed by atoms with E-state index in [1.807, 2.05) is 0 Å². The fraction of sp³-hybridized carbons (Fsp3) is 1.00. The third-order valence-corrected chi connectivity index (χ3v) is 1.14. The summed E-state index contributed by atoms with van der Waals surface area (Å²) in [5.74, 6) is -3.67. The molecule has 0 aromatic heterocycles. The summed E-state index contributed by atoms with van der Waals surface area (Å²) in [7, 11) is 0. The molecule has 0 saturated heterocycles. The molecule has 1 nitrogen and oxygen atoms in total. The Morgan fingerprint density at radius 3 is 2.00 bits per heavy atom. The van der Waals surface area contributed by atoms with E-state index >= 15 is 0 Å². The molecule has 0 bridgehead atoms. The SMILES string of the molecule is C[C@H](CO)C(C)(F)F. The van der Waals surface area contributed by atoms with E-state index in [2.05, 4.69) is 0 Å². The van der Waals surface area contributed by atoms with Crippen LogP contribution in [0.4, 0.5) is 8.78 Å². The summed E-state index contributed by atoms with van der Waals surface area (Å²) in [6.45, 7) is 1.65. The number of rotatable bonds is 2. The Kier molecular flexibility index (Phi) is 2.34. The Bertz CT molecular complexity index is 67.3. The van der Waals surface area contributed by atoms with E-state index in [9.17, 15) is 8.78 Å². The molecule has 3 heteroatoms. The van der Waals surface area contributed by atoms with Crippen LogP contribution in [-0.4, -0.2) is 17.6 Å². The minimum absolute atomic E-state index is 0.455. The third kappa shape index (κ3) is 2.21. The first-order valence-electron chi connectivity index (χ1n) is 2.47. The van der Waals surface area contributed by atoms with Gasteiger partial charge in [0.2, 0.25) is 5.92 Å². The van der Waals surface area contributed by atoms with E-state index in [1.54, 1.807) is 0 Å². The van der Waals surface area contributed by atoms with E-state index in [4.69, 9.17) is 5.11 Å². The quantitative estimate of drug-likeness (QED) is 0.587. The summed E-state index contributed by atoms with van der Waals surface area (Å²) in [6, 6.07) is 0. The van der Waals surface area contributed by atoms with Gasteiger partial charge in [0.05, 0.1) is 6.61 Å². The monoisotopic (exact) mass is 124 g/mol. The fourth-order valence-electron chi connectivity index (χ4n) is 0.160. The van der Waals surface area contributed by atoms with Gasteiger partial charge >= 0.3 is 0 Å². The van der Waals surface area contributed by atoms with Gasteiger partial charge in [-0.3, -0.25) is 0 Å². The highest BCUT2D eigenvalue weighted by Crippen LogP contribution is 2.21. The van der Waals surface area contributed by atoms with E-state index in [0.29, 0.717) is 0 Å². The number of alkyl halides is 2. The lowest BCUT2D eigenvalue weighted by Gasteiger charge is -2.15. The Labute approximate surface area is 47.3 Å². The van der Waals surface area contributed by atoms with Crippen LogP contribution in [-0.2, 0) is 0 Å². The molecular weight excluding hydrogens is 114 g/mol. The summed E-state index contributed by atoms with van der Waals surface area (Å²) in [4.78, 5) is 0. The molecule has 0 aromatic rings. The summed E-state index contributed by atoms with van der Waals surface area (Å²) in [5.41, 5.74) is 0. The zero-order valence-electron chi connectivity index (χ0n) is 4.99. The van der Waals surface area contributed by atoms with Crippen molar-refractivity contribution in [2.45, 2.75) is 19.8 Å². The number of aliphatic hydroxyl groups is 1. The van der Waals surface area contributed by atoms with Crippen molar-refractivity contribution in [3.05, 3.63) is 0 Å². The van der Waals surface area contributed by atoms with Gasteiger partial charge < -0.3 is 5.11 Å². The first-order chi connectivity index (χ1) is 3.48. The summed E-state index contributed by atoms with van der Waals surface area (Å²) in [6.07, 6.45) is 0. The predicted molar refractivity (Wildman–Crippen MR) is 26.9 cm³/mol. The van der Waals surface area contributed by atoms with E-state index in [-0.39, 0.29) is 0 Å². The second-order valence-electron chi connectivity index (χ2n) is 2.04. The molecule has 0 spiro atoms. The average Bonchev–Trinajstić information content (AvgIpc) is 1.62. The minimum atomic E-state index is -2.74. The van der Waals surface area contributed by atoms with Crippen molar-refractivity contribution >= 4 is 0 Å². The van der Waals surface area contributed by atoms with Gasteiger partial charge in [0.25, 0.3) is 0 Å². The molecule has 0 amide bonds. The highest BCUT2D eigenvalue weighted by molar-refractivity contribution is 4.65. The number of halogens is 2. The van der Waals surface area contributed by atoms with Crippen LogP contribution < -0.4 is 0 Å². The molecular formula is C5H10F2O. The fourth-order valence-corrected chi connectivity index (χ4v) is 0.160. The standard InChI is InChI=1S/C5H10F2O/c1-4(3-8)5(2,6)7/h4,8H,3H2,1-2H3/t4-/m1/s1. The van der Waals surface area contributed by atoms with Crippen molar-refractivity contribution in [2.24, 2.45) is 5.92 Å². The summed E-state index contributed by atoms with van der Waals surface area (Å²) >= 11 is 0. The molecule has 0 aliphatic heterocycles. The van der Waals surface area contributed by atoms with Gasteiger partial charge in [-0.2, -0.15) is 0 Å². The zero-order valence-corrected chi connectivity index (χ0v) is 4.99. The van der Waals surface area contributed by atoms with Crippen LogP contribution >= 0.6 is 0 Å². The molecule has 50 valence electrons. The van der Waals surface area contributed by atoms with Gasteiger partial charge in [-0.15, -0.1) is 0 Å². The molecule has 0 aliphatic carbocycles. The molecule has 0 rings (SSSR count). The number of hydrogen-bond acceptors (Lipinski definition) is 1. The smallest absolute Gasteiger partial charge is 0.250 e. The van der Waals surface area contributed by atoms with Gasteiger partial charge in [-0.1, -0.05) is 6.92 Å². The van der Waals surface area contributed by atoms with Crippen molar-refractivity contribution in [1.29, 1.82) is 0 Å². The van der Waals surface area contributed by atoms with Gasteiger partial charge in [0.1, 0.15) is 0 Å². The number of hydrogen-bond donors (Lipinski definition) is 1. The molecule has 0 saturated carbocycles. The van der Waals surface area contributed by atoms with Crippen molar-refractivity contribution in [3.63, 3.8) is 0 Å². The van der Waals surface area contributed by atoms with Crippen LogP contribution in [0.2, 0.25) is 0 Å². The maximum absolute atomic E-state index is 12.0. The van der Waals surface area contributed by atoms with Gasteiger partial charge in [0, 0.05) is 5.92 Å². The summed E-state index contributed by atoms with van der Waals surface area (Å²) in [5, 5.41) is 8.19. The van der Waals surface area contributed by atoms with Crippen LogP contribution in [0.15, 0.2) is 0 Å². The van der Waals surface area contributed by atoms with Crippen molar-refractivity contribution in [2.75, 3.05) is 6.61 Å². The van der Waals surface area contributed by atoms with Crippen LogP contribution in [0.5, 0.6) is 0 Å². The molecule has 1 N–H and O–H groups in total. The van der Waals surface area contributed by atoms with E-state index in [1.165, 1.54) is 6.92 Å². The van der Waals surface area contributed by atoms with Gasteiger partial charge in [-0.25, -0.2) is 8.78 Å². The highest BCUT2D eigenvalue weighted by atomic mass is 19.3. The molecule has 1 atom stereocenters. The van der Waals surface area contributed by atoms with Gasteiger partial charge in [-0.05, 0) is 6.92 Å². The molecule has 8 heavy (non-hydrogen) atoms. The molecule has 0 aliphatic rings. The second-order valence-corrected chi connectivity index (χ2v) is 2.04. The third-order valence-electron chi connectivity index (χ3n) is 1.14. The maximum atomic E-state index is 12.0. The lowest BCUT2D eigenvalue weighted by atomic mass is 10.1. The normalized spacial score (nSPS) is 16.1. The predicted octanol–water partition coefficient (Wildman–Crippen LogP) is 1.27. The second kappa shape index (κ2) is 2.40. The average molecular weight is 124 g/mol. The minimum Gasteiger partial charge on any atom is -0.396 e. The maximum Gasteiger partial charge on any atom is 0.250 e. The lowest BCUT2D eigenvalue weighted by molar-refractivity contribution is -0.0511. The van der Waals surface area contributed by atoms with Crippen LogP contribution in [0.3, 0.4) is 0 Å².